The van der Waals surface area contributed by atoms with Gasteiger partial charge in [0.05, 0.1) is 6.54 Å². The zero-order chi connectivity index (χ0) is 14.4. The van der Waals surface area contributed by atoms with Gasteiger partial charge in [-0.3, -0.25) is 9.59 Å². The maximum Gasteiger partial charge on any atom is 0.237 e. The average Bonchev–Trinajstić information content (AvgIpc) is 2.34. The van der Waals surface area contributed by atoms with Gasteiger partial charge in [-0.15, -0.1) is 0 Å². The molecule has 5 heteroatoms. The minimum absolute atomic E-state index is 0.0295. The van der Waals surface area contributed by atoms with E-state index in [-0.39, 0.29) is 18.5 Å². The standard InChI is InChI=1S/C14H21N3O2/c1-10(2)17(9-13(16)18)14(19)8-5-11-3-6-12(15)7-4-11/h3-4,6-7,10H,5,8-9,15H2,1-2H3,(H2,16,18). The minimum Gasteiger partial charge on any atom is -0.399 e. The second kappa shape index (κ2) is 6.78. The van der Waals surface area contributed by atoms with Crippen molar-refractivity contribution in [3.05, 3.63) is 29.8 Å². The molecule has 1 aromatic carbocycles. The Hall–Kier alpha value is -2.04. The van der Waals surface area contributed by atoms with Gasteiger partial charge in [-0.1, -0.05) is 12.1 Å². The summed E-state index contributed by atoms with van der Waals surface area (Å²) < 4.78 is 0. The van der Waals surface area contributed by atoms with Gasteiger partial charge in [-0.2, -0.15) is 0 Å². The first kappa shape index (κ1) is 15.0. The normalized spacial score (nSPS) is 10.5. The van der Waals surface area contributed by atoms with Gasteiger partial charge in [0.15, 0.2) is 0 Å². The van der Waals surface area contributed by atoms with Crippen molar-refractivity contribution < 1.29 is 9.59 Å². The van der Waals surface area contributed by atoms with Gasteiger partial charge in [0.25, 0.3) is 0 Å². The SMILES string of the molecule is CC(C)N(CC(N)=O)C(=O)CCc1ccc(N)cc1. The lowest BCUT2D eigenvalue weighted by molar-refractivity contribution is -0.136. The van der Waals surface area contributed by atoms with Crippen LogP contribution in [0.5, 0.6) is 0 Å². The molecule has 1 rings (SSSR count). The predicted molar refractivity (Wildman–Crippen MR) is 75.2 cm³/mol. The number of anilines is 1. The van der Waals surface area contributed by atoms with Crippen molar-refractivity contribution >= 4 is 17.5 Å². The Morgan fingerprint density at radius 3 is 2.26 bits per heavy atom. The first-order valence-electron chi connectivity index (χ1n) is 6.32. The number of nitrogens with two attached hydrogens (primary N) is 2. The number of benzene rings is 1. The molecule has 0 fully saturated rings. The molecular weight excluding hydrogens is 242 g/mol. The molecule has 2 amide bonds. The molecule has 1 aromatic rings. The molecule has 0 aliphatic carbocycles. The number of amides is 2. The summed E-state index contributed by atoms with van der Waals surface area (Å²) in [6, 6.07) is 7.38. The Bertz CT molecular complexity index is 441. The Labute approximate surface area is 113 Å². The Morgan fingerprint density at radius 1 is 1.21 bits per heavy atom. The van der Waals surface area contributed by atoms with E-state index >= 15 is 0 Å². The van der Waals surface area contributed by atoms with Crippen molar-refractivity contribution in [2.75, 3.05) is 12.3 Å². The molecule has 0 heterocycles. The summed E-state index contributed by atoms with van der Waals surface area (Å²) in [4.78, 5) is 24.5. The Kier molecular flexibility index (Phi) is 5.36. The lowest BCUT2D eigenvalue weighted by Gasteiger charge is -2.25. The van der Waals surface area contributed by atoms with Gasteiger partial charge in [0.2, 0.25) is 11.8 Å². The van der Waals surface area contributed by atoms with Crippen molar-refractivity contribution in [1.29, 1.82) is 0 Å². The van der Waals surface area contributed by atoms with Crippen LogP contribution in [-0.2, 0) is 16.0 Å². The van der Waals surface area contributed by atoms with Gasteiger partial charge in [0.1, 0.15) is 0 Å². The van der Waals surface area contributed by atoms with E-state index in [1.165, 1.54) is 4.90 Å². The van der Waals surface area contributed by atoms with E-state index in [2.05, 4.69) is 0 Å². The first-order valence-corrected chi connectivity index (χ1v) is 6.32. The number of hydrogen-bond acceptors (Lipinski definition) is 3. The highest BCUT2D eigenvalue weighted by Crippen LogP contribution is 2.10. The number of nitrogen functional groups attached to an aromatic ring is 1. The molecule has 19 heavy (non-hydrogen) atoms. The van der Waals surface area contributed by atoms with Crippen molar-refractivity contribution in [1.82, 2.24) is 4.90 Å². The fourth-order valence-corrected chi connectivity index (χ4v) is 1.81. The van der Waals surface area contributed by atoms with Crippen LogP contribution in [0, 0.1) is 0 Å². The molecule has 0 saturated heterocycles. The highest BCUT2D eigenvalue weighted by molar-refractivity contribution is 5.84. The topological polar surface area (TPSA) is 89.4 Å². The summed E-state index contributed by atoms with van der Waals surface area (Å²) in [7, 11) is 0. The number of nitrogens with zero attached hydrogens (tertiary/aromatic N) is 1. The summed E-state index contributed by atoms with van der Waals surface area (Å²) in [6.07, 6.45) is 0.983. The summed E-state index contributed by atoms with van der Waals surface area (Å²) in [5, 5.41) is 0. The first-order chi connectivity index (χ1) is 8.90. The largest absolute Gasteiger partial charge is 0.399 e. The van der Waals surface area contributed by atoms with Crippen LogP contribution in [0.25, 0.3) is 0 Å². The third-order valence-electron chi connectivity index (χ3n) is 2.88. The molecular formula is C14H21N3O2. The second-order valence-corrected chi connectivity index (χ2v) is 4.82. The molecule has 0 aliphatic heterocycles. The number of aryl methyl sites for hydroxylation is 1. The highest BCUT2D eigenvalue weighted by atomic mass is 16.2. The van der Waals surface area contributed by atoms with Crippen LogP contribution in [0.1, 0.15) is 25.8 Å². The molecule has 0 aliphatic rings. The van der Waals surface area contributed by atoms with Crippen LogP contribution in [0.2, 0.25) is 0 Å². The van der Waals surface area contributed by atoms with E-state index in [0.29, 0.717) is 18.5 Å². The van der Waals surface area contributed by atoms with E-state index in [9.17, 15) is 9.59 Å². The second-order valence-electron chi connectivity index (χ2n) is 4.82. The van der Waals surface area contributed by atoms with Crippen molar-refractivity contribution in [2.45, 2.75) is 32.7 Å². The lowest BCUT2D eigenvalue weighted by Crippen LogP contribution is -2.42. The highest BCUT2D eigenvalue weighted by Gasteiger charge is 2.18. The Morgan fingerprint density at radius 2 is 1.79 bits per heavy atom. The maximum atomic E-state index is 12.1. The molecule has 0 unspecified atom stereocenters. The average molecular weight is 263 g/mol. The molecule has 0 bridgehead atoms. The maximum absolute atomic E-state index is 12.1. The monoisotopic (exact) mass is 263 g/mol. The summed E-state index contributed by atoms with van der Waals surface area (Å²) in [5.41, 5.74) is 12.5. The molecule has 5 nitrogen and oxygen atoms in total. The molecule has 0 spiro atoms. The smallest absolute Gasteiger partial charge is 0.237 e. The number of primary amides is 1. The van der Waals surface area contributed by atoms with Gasteiger partial charge < -0.3 is 16.4 Å². The number of hydrogen-bond donors (Lipinski definition) is 2. The summed E-state index contributed by atoms with van der Waals surface area (Å²) in [6.45, 7) is 3.70. The quantitative estimate of drug-likeness (QED) is 0.748. The van der Waals surface area contributed by atoms with Crippen LogP contribution >= 0.6 is 0 Å². The number of rotatable bonds is 6. The van der Waals surface area contributed by atoms with Crippen molar-refractivity contribution in [3.8, 4) is 0 Å². The molecule has 0 saturated carbocycles. The van der Waals surface area contributed by atoms with Gasteiger partial charge >= 0.3 is 0 Å². The van der Waals surface area contributed by atoms with Gasteiger partial charge in [-0.05, 0) is 38.0 Å². The van der Waals surface area contributed by atoms with Crippen LogP contribution in [-0.4, -0.2) is 29.3 Å². The fraction of sp³-hybridized carbons (Fsp3) is 0.429. The zero-order valence-corrected chi connectivity index (χ0v) is 11.4. The van der Waals surface area contributed by atoms with Gasteiger partial charge in [-0.25, -0.2) is 0 Å². The third-order valence-corrected chi connectivity index (χ3v) is 2.88. The van der Waals surface area contributed by atoms with Gasteiger partial charge in [0, 0.05) is 18.2 Å². The fourth-order valence-electron chi connectivity index (χ4n) is 1.81. The summed E-state index contributed by atoms with van der Waals surface area (Å²) >= 11 is 0. The molecule has 104 valence electrons. The van der Waals surface area contributed by atoms with Crippen LogP contribution in [0.15, 0.2) is 24.3 Å². The molecule has 4 N–H and O–H groups in total. The van der Waals surface area contributed by atoms with E-state index in [4.69, 9.17) is 11.5 Å². The number of carbonyl (C=O) groups excluding carboxylic acids is 2. The predicted octanol–water partition coefficient (Wildman–Crippen LogP) is 0.924. The molecule has 0 atom stereocenters. The van der Waals surface area contributed by atoms with E-state index in [1.807, 2.05) is 38.1 Å². The van der Waals surface area contributed by atoms with Crippen molar-refractivity contribution in [3.63, 3.8) is 0 Å². The molecule has 0 radical (unpaired) electrons. The third kappa shape index (κ3) is 4.99. The van der Waals surface area contributed by atoms with E-state index in [1.54, 1.807) is 0 Å². The van der Waals surface area contributed by atoms with Crippen molar-refractivity contribution in [2.24, 2.45) is 5.73 Å². The van der Waals surface area contributed by atoms with E-state index < -0.39 is 5.91 Å². The Balaban J connectivity index is 2.57. The van der Waals surface area contributed by atoms with E-state index in [0.717, 1.165) is 5.56 Å². The van der Waals surface area contributed by atoms with Crippen LogP contribution < -0.4 is 11.5 Å². The van der Waals surface area contributed by atoms with Crippen LogP contribution in [0.3, 0.4) is 0 Å². The number of carbonyl (C=O) groups is 2. The zero-order valence-electron chi connectivity index (χ0n) is 11.4. The lowest BCUT2D eigenvalue weighted by atomic mass is 10.1. The van der Waals surface area contributed by atoms with Crippen LogP contribution in [0.4, 0.5) is 5.69 Å². The minimum atomic E-state index is -0.491. The summed E-state index contributed by atoms with van der Waals surface area (Å²) in [5.74, 6) is -0.555. The molecule has 0 aromatic heterocycles.